The standard InChI is InChI=1S/C23H26ClN3O4/c1-14(2)21(26-22(29)16-7-4-5-8-19(16)31-3)23(30)25-15-10-11-18(17(24)13-15)27-12-6-9-20(27)28/h4-5,7-8,10-11,13-14,21H,6,9,12H2,1-3H3,(H,25,30)(H,26,29)/t21-/m0/s1. The van der Waals surface area contributed by atoms with Gasteiger partial charge in [-0.15, -0.1) is 0 Å². The van der Waals surface area contributed by atoms with Crippen LogP contribution in [0.25, 0.3) is 0 Å². The van der Waals surface area contributed by atoms with Gasteiger partial charge in [-0.2, -0.15) is 0 Å². The van der Waals surface area contributed by atoms with Gasteiger partial charge in [-0.05, 0) is 42.7 Å². The number of methoxy groups -OCH3 is 1. The third kappa shape index (κ3) is 5.17. The maximum atomic E-state index is 12.9. The molecule has 0 radical (unpaired) electrons. The van der Waals surface area contributed by atoms with Gasteiger partial charge in [0.05, 0.1) is 23.4 Å². The number of nitrogens with one attached hydrogen (secondary N) is 2. The van der Waals surface area contributed by atoms with Crippen molar-refractivity contribution in [2.75, 3.05) is 23.9 Å². The lowest BCUT2D eigenvalue weighted by atomic mass is 10.0. The summed E-state index contributed by atoms with van der Waals surface area (Å²) in [4.78, 5) is 39.3. The molecule has 0 aliphatic carbocycles. The number of hydrogen-bond donors (Lipinski definition) is 2. The van der Waals surface area contributed by atoms with E-state index in [2.05, 4.69) is 10.6 Å². The Morgan fingerprint density at radius 1 is 1.16 bits per heavy atom. The van der Waals surface area contributed by atoms with Crippen LogP contribution in [-0.2, 0) is 9.59 Å². The van der Waals surface area contributed by atoms with Crippen LogP contribution in [0.5, 0.6) is 5.75 Å². The summed E-state index contributed by atoms with van der Waals surface area (Å²) in [7, 11) is 1.49. The highest BCUT2D eigenvalue weighted by Gasteiger charge is 2.27. The van der Waals surface area contributed by atoms with E-state index < -0.39 is 11.9 Å². The monoisotopic (exact) mass is 443 g/mol. The molecule has 1 fully saturated rings. The average molecular weight is 444 g/mol. The number of para-hydroxylation sites is 1. The van der Waals surface area contributed by atoms with Crippen LogP contribution in [0.1, 0.15) is 37.0 Å². The van der Waals surface area contributed by atoms with Gasteiger partial charge in [-0.25, -0.2) is 0 Å². The SMILES string of the molecule is COc1ccccc1C(=O)N[C@H](C(=O)Nc1ccc(N2CCCC2=O)c(Cl)c1)C(C)C. The molecule has 1 aliphatic rings. The lowest BCUT2D eigenvalue weighted by Gasteiger charge is -2.23. The second-order valence-electron chi connectivity index (χ2n) is 7.70. The fraction of sp³-hybridized carbons (Fsp3) is 0.348. The number of hydrogen-bond acceptors (Lipinski definition) is 4. The maximum Gasteiger partial charge on any atom is 0.255 e. The molecule has 1 saturated heterocycles. The van der Waals surface area contributed by atoms with Crippen LogP contribution in [0.3, 0.4) is 0 Å². The molecule has 8 heteroatoms. The molecule has 1 heterocycles. The first-order chi connectivity index (χ1) is 14.8. The summed E-state index contributed by atoms with van der Waals surface area (Å²) in [6.07, 6.45) is 1.31. The number of amides is 3. The van der Waals surface area contributed by atoms with Crippen molar-refractivity contribution in [1.82, 2.24) is 5.32 Å². The molecule has 0 bridgehead atoms. The highest BCUT2D eigenvalue weighted by Crippen LogP contribution is 2.31. The number of carbonyl (C=O) groups excluding carboxylic acids is 3. The third-order valence-electron chi connectivity index (χ3n) is 5.17. The summed E-state index contributed by atoms with van der Waals surface area (Å²) in [6.45, 7) is 4.33. The van der Waals surface area contributed by atoms with E-state index in [0.717, 1.165) is 6.42 Å². The van der Waals surface area contributed by atoms with Crippen LogP contribution < -0.4 is 20.3 Å². The number of ether oxygens (including phenoxy) is 1. The van der Waals surface area contributed by atoms with E-state index in [1.165, 1.54) is 7.11 Å². The minimum absolute atomic E-state index is 0.0395. The zero-order chi connectivity index (χ0) is 22.5. The van der Waals surface area contributed by atoms with Gasteiger partial charge in [-0.1, -0.05) is 37.6 Å². The van der Waals surface area contributed by atoms with Crippen molar-refractivity contribution in [3.8, 4) is 5.75 Å². The number of anilines is 2. The van der Waals surface area contributed by atoms with Crippen LogP contribution in [-0.4, -0.2) is 37.4 Å². The fourth-order valence-electron chi connectivity index (χ4n) is 3.51. The smallest absolute Gasteiger partial charge is 0.255 e. The molecule has 0 aromatic heterocycles. The number of rotatable bonds is 7. The second-order valence-corrected chi connectivity index (χ2v) is 8.11. The summed E-state index contributed by atoms with van der Waals surface area (Å²) in [6, 6.07) is 11.1. The molecule has 7 nitrogen and oxygen atoms in total. The third-order valence-corrected chi connectivity index (χ3v) is 5.47. The Kier molecular flexibility index (Phi) is 7.17. The Labute approximate surface area is 186 Å². The molecule has 2 aromatic rings. The summed E-state index contributed by atoms with van der Waals surface area (Å²) < 4.78 is 5.23. The Bertz CT molecular complexity index is 993. The van der Waals surface area contributed by atoms with Crippen LogP contribution in [0.2, 0.25) is 5.02 Å². The summed E-state index contributed by atoms with van der Waals surface area (Å²) in [5.74, 6) is -0.443. The van der Waals surface area contributed by atoms with Gasteiger partial charge in [0.25, 0.3) is 5.91 Å². The first kappa shape index (κ1) is 22.6. The molecular weight excluding hydrogens is 418 g/mol. The first-order valence-electron chi connectivity index (χ1n) is 10.2. The number of carbonyl (C=O) groups is 3. The Balaban J connectivity index is 1.73. The average Bonchev–Trinajstić information content (AvgIpc) is 3.17. The Morgan fingerprint density at radius 2 is 1.90 bits per heavy atom. The van der Waals surface area contributed by atoms with E-state index in [0.29, 0.717) is 40.7 Å². The molecule has 2 aromatic carbocycles. The molecule has 0 spiro atoms. The lowest BCUT2D eigenvalue weighted by Crippen LogP contribution is -2.47. The first-order valence-corrected chi connectivity index (χ1v) is 10.5. The predicted octanol–water partition coefficient (Wildman–Crippen LogP) is 3.87. The van der Waals surface area contributed by atoms with E-state index >= 15 is 0 Å². The van der Waals surface area contributed by atoms with Gasteiger partial charge in [0.15, 0.2) is 0 Å². The fourth-order valence-corrected chi connectivity index (χ4v) is 3.80. The van der Waals surface area contributed by atoms with E-state index in [-0.39, 0.29) is 17.7 Å². The molecule has 3 rings (SSSR count). The largest absolute Gasteiger partial charge is 0.496 e. The highest BCUT2D eigenvalue weighted by molar-refractivity contribution is 6.34. The molecule has 0 unspecified atom stereocenters. The Hall–Kier alpha value is -3.06. The van der Waals surface area contributed by atoms with Crippen molar-refractivity contribution in [2.24, 2.45) is 5.92 Å². The van der Waals surface area contributed by atoms with Crippen molar-refractivity contribution < 1.29 is 19.1 Å². The zero-order valence-corrected chi connectivity index (χ0v) is 18.5. The zero-order valence-electron chi connectivity index (χ0n) is 17.8. The minimum atomic E-state index is -0.768. The quantitative estimate of drug-likeness (QED) is 0.680. The Morgan fingerprint density at radius 3 is 2.52 bits per heavy atom. The van der Waals surface area contributed by atoms with E-state index in [4.69, 9.17) is 16.3 Å². The van der Waals surface area contributed by atoms with Crippen LogP contribution in [0, 0.1) is 5.92 Å². The summed E-state index contributed by atoms with van der Waals surface area (Å²) >= 11 is 6.37. The van der Waals surface area contributed by atoms with Crippen LogP contribution in [0.15, 0.2) is 42.5 Å². The molecule has 31 heavy (non-hydrogen) atoms. The molecule has 164 valence electrons. The minimum Gasteiger partial charge on any atom is -0.496 e. The van der Waals surface area contributed by atoms with Crippen molar-refractivity contribution in [1.29, 1.82) is 0 Å². The van der Waals surface area contributed by atoms with Crippen molar-refractivity contribution >= 4 is 40.7 Å². The van der Waals surface area contributed by atoms with Crippen LogP contribution in [0.4, 0.5) is 11.4 Å². The molecular formula is C23H26ClN3O4. The maximum absolute atomic E-state index is 12.9. The second kappa shape index (κ2) is 9.83. The molecule has 2 N–H and O–H groups in total. The summed E-state index contributed by atoms with van der Waals surface area (Å²) in [5.41, 5.74) is 1.47. The number of benzene rings is 2. The molecule has 1 aliphatic heterocycles. The summed E-state index contributed by atoms with van der Waals surface area (Å²) in [5, 5.41) is 5.97. The van der Waals surface area contributed by atoms with Gasteiger partial charge in [0.2, 0.25) is 11.8 Å². The molecule has 3 amide bonds. The highest BCUT2D eigenvalue weighted by atomic mass is 35.5. The van der Waals surface area contributed by atoms with Crippen molar-refractivity contribution in [3.05, 3.63) is 53.1 Å². The van der Waals surface area contributed by atoms with Gasteiger partial charge in [-0.3, -0.25) is 14.4 Å². The number of halogens is 1. The van der Waals surface area contributed by atoms with Gasteiger partial charge in [0.1, 0.15) is 11.8 Å². The number of nitrogens with zero attached hydrogens (tertiary/aromatic N) is 1. The normalized spacial score (nSPS) is 14.5. The molecule has 1 atom stereocenters. The van der Waals surface area contributed by atoms with Crippen molar-refractivity contribution in [2.45, 2.75) is 32.7 Å². The molecule has 0 saturated carbocycles. The van der Waals surface area contributed by atoms with E-state index in [1.54, 1.807) is 47.4 Å². The van der Waals surface area contributed by atoms with Gasteiger partial charge < -0.3 is 20.3 Å². The van der Waals surface area contributed by atoms with Gasteiger partial charge in [0, 0.05) is 18.7 Å². The van der Waals surface area contributed by atoms with Crippen LogP contribution >= 0.6 is 11.6 Å². The predicted molar refractivity (Wildman–Crippen MR) is 121 cm³/mol. The lowest BCUT2D eigenvalue weighted by molar-refractivity contribution is -0.119. The van der Waals surface area contributed by atoms with E-state index in [1.807, 2.05) is 13.8 Å². The van der Waals surface area contributed by atoms with Crippen molar-refractivity contribution in [3.63, 3.8) is 0 Å². The topological polar surface area (TPSA) is 87.7 Å². The van der Waals surface area contributed by atoms with Gasteiger partial charge >= 0.3 is 0 Å². The van der Waals surface area contributed by atoms with E-state index in [9.17, 15) is 14.4 Å².